The van der Waals surface area contributed by atoms with E-state index in [1.54, 1.807) is 21.3 Å². The molecule has 6 heteroatoms. The molecular formula is C25H40N2O4. The van der Waals surface area contributed by atoms with Crippen LogP contribution in [0.4, 0.5) is 0 Å². The molecule has 2 saturated heterocycles. The lowest BCUT2D eigenvalue weighted by molar-refractivity contribution is -0.132. The molecule has 2 fully saturated rings. The molecule has 2 aliphatic rings. The largest absolute Gasteiger partial charge is 0.493 e. The highest BCUT2D eigenvalue weighted by molar-refractivity contribution is 5.76. The minimum atomic E-state index is 0.249. The second-order valence-corrected chi connectivity index (χ2v) is 8.88. The molecule has 0 bridgehead atoms. The van der Waals surface area contributed by atoms with Gasteiger partial charge in [0.25, 0.3) is 0 Å². The van der Waals surface area contributed by atoms with Gasteiger partial charge in [0, 0.05) is 39.3 Å². The summed E-state index contributed by atoms with van der Waals surface area (Å²) in [5.74, 6) is 2.28. The quantitative estimate of drug-likeness (QED) is 0.498. The lowest BCUT2D eigenvalue weighted by Gasteiger charge is -2.45. The average molecular weight is 433 g/mol. The zero-order valence-electron chi connectivity index (χ0n) is 19.6. The number of carbonyl (C=O) groups excluding carboxylic acids is 1. The van der Waals surface area contributed by atoms with E-state index in [-0.39, 0.29) is 5.91 Å². The van der Waals surface area contributed by atoms with E-state index < -0.39 is 0 Å². The summed E-state index contributed by atoms with van der Waals surface area (Å²) in [6, 6.07) is 6.56. The number of carbonyl (C=O) groups is 1. The van der Waals surface area contributed by atoms with Crippen molar-refractivity contribution in [3.63, 3.8) is 0 Å². The van der Waals surface area contributed by atoms with Crippen LogP contribution in [0, 0.1) is 5.92 Å². The molecule has 3 rings (SSSR count). The van der Waals surface area contributed by atoms with E-state index in [2.05, 4.69) is 9.80 Å². The van der Waals surface area contributed by atoms with E-state index in [0.29, 0.717) is 42.9 Å². The first-order valence-electron chi connectivity index (χ1n) is 11.9. The number of nitrogens with zero attached hydrogens (tertiary/aromatic N) is 2. The number of piperidine rings is 2. The van der Waals surface area contributed by atoms with Gasteiger partial charge in [-0.15, -0.1) is 0 Å². The third-order valence-corrected chi connectivity index (χ3v) is 6.89. The Morgan fingerprint density at radius 1 is 1.06 bits per heavy atom. The van der Waals surface area contributed by atoms with Gasteiger partial charge in [-0.25, -0.2) is 0 Å². The number of methoxy groups -OCH3 is 3. The third kappa shape index (κ3) is 6.59. The van der Waals surface area contributed by atoms with Crippen LogP contribution >= 0.6 is 0 Å². The first-order chi connectivity index (χ1) is 15.2. The minimum Gasteiger partial charge on any atom is -0.493 e. The van der Waals surface area contributed by atoms with Gasteiger partial charge in [-0.05, 0) is 75.2 Å². The highest BCUT2D eigenvalue weighted by Gasteiger charge is 2.34. The molecule has 1 amide bonds. The van der Waals surface area contributed by atoms with Gasteiger partial charge in [0.2, 0.25) is 5.91 Å². The fourth-order valence-corrected chi connectivity index (χ4v) is 5.24. The average Bonchev–Trinajstić information content (AvgIpc) is 2.81. The Morgan fingerprint density at radius 3 is 2.65 bits per heavy atom. The van der Waals surface area contributed by atoms with Crippen LogP contribution in [0.5, 0.6) is 11.5 Å². The monoisotopic (exact) mass is 432 g/mol. The van der Waals surface area contributed by atoms with Crippen molar-refractivity contribution in [2.75, 3.05) is 54.1 Å². The van der Waals surface area contributed by atoms with Gasteiger partial charge >= 0.3 is 0 Å². The number of hydrogen-bond acceptors (Lipinski definition) is 5. The minimum absolute atomic E-state index is 0.249. The molecule has 2 aliphatic heterocycles. The molecule has 0 N–H and O–H groups in total. The molecule has 2 atom stereocenters. The lowest BCUT2D eigenvalue weighted by Crippen LogP contribution is -2.51. The summed E-state index contributed by atoms with van der Waals surface area (Å²) in [5, 5.41) is 0. The van der Waals surface area contributed by atoms with Gasteiger partial charge in [0.05, 0.1) is 14.2 Å². The molecule has 2 heterocycles. The van der Waals surface area contributed by atoms with Gasteiger partial charge < -0.3 is 24.0 Å². The number of hydrogen-bond donors (Lipinski definition) is 0. The SMILES string of the molecule is COCCCN(CC1CCCN2CCCCC12)C(=O)CCc1ccc(OC)c(OC)c1. The summed E-state index contributed by atoms with van der Waals surface area (Å²) >= 11 is 0. The second kappa shape index (κ2) is 12.3. The standard InChI is InChI=1S/C25H40N2O4/c1-29-17-7-16-27(19-21-8-6-15-26-14-5-4-9-22(21)26)25(28)13-11-20-10-12-23(30-2)24(18-20)31-3/h10,12,18,21-22H,4-9,11,13-17,19H2,1-3H3. The highest BCUT2D eigenvalue weighted by atomic mass is 16.5. The highest BCUT2D eigenvalue weighted by Crippen LogP contribution is 2.32. The number of benzene rings is 1. The Bertz CT molecular complexity index is 694. The van der Waals surface area contributed by atoms with Gasteiger partial charge in [-0.3, -0.25) is 4.79 Å². The normalized spacial score (nSPS) is 21.4. The van der Waals surface area contributed by atoms with E-state index in [1.165, 1.54) is 45.2 Å². The zero-order chi connectivity index (χ0) is 22.1. The topological polar surface area (TPSA) is 51.2 Å². The smallest absolute Gasteiger partial charge is 0.222 e. The fraction of sp³-hybridized carbons (Fsp3) is 0.720. The number of fused-ring (bicyclic) bond motifs is 1. The van der Waals surface area contributed by atoms with Gasteiger partial charge in [0.15, 0.2) is 11.5 Å². The van der Waals surface area contributed by atoms with E-state index in [4.69, 9.17) is 14.2 Å². The summed E-state index contributed by atoms with van der Waals surface area (Å²) in [6.45, 7) is 4.83. The Hall–Kier alpha value is -1.79. The molecule has 174 valence electrons. The van der Waals surface area contributed by atoms with Crippen molar-refractivity contribution in [1.29, 1.82) is 0 Å². The van der Waals surface area contributed by atoms with Crippen LogP contribution < -0.4 is 9.47 Å². The van der Waals surface area contributed by atoms with E-state index in [0.717, 1.165) is 25.1 Å². The van der Waals surface area contributed by atoms with Crippen LogP contribution in [0.1, 0.15) is 50.5 Å². The van der Waals surface area contributed by atoms with Crippen LogP contribution in [-0.2, 0) is 16.0 Å². The van der Waals surface area contributed by atoms with Crippen LogP contribution in [0.15, 0.2) is 18.2 Å². The summed E-state index contributed by atoms with van der Waals surface area (Å²) in [5.41, 5.74) is 1.10. The van der Waals surface area contributed by atoms with Crippen molar-refractivity contribution in [3.05, 3.63) is 23.8 Å². The Morgan fingerprint density at radius 2 is 1.87 bits per heavy atom. The third-order valence-electron chi connectivity index (χ3n) is 6.89. The number of aryl methyl sites for hydroxylation is 1. The molecule has 0 spiro atoms. The Balaban J connectivity index is 1.61. The first-order valence-corrected chi connectivity index (χ1v) is 11.9. The molecule has 0 radical (unpaired) electrons. The molecule has 0 aliphatic carbocycles. The van der Waals surface area contributed by atoms with E-state index in [1.807, 2.05) is 18.2 Å². The molecule has 31 heavy (non-hydrogen) atoms. The molecule has 1 aromatic rings. The number of rotatable bonds is 11. The molecule has 6 nitrogen and oxygen atoms in total. The molecular weight excluding hydrogens is 392 g/mol. The van der Waals surface area contributed by atoms with Crippen molar-refractivity contribution < 1.29 is 19.0 Å². The predicted molar refractivity (Wildman–Crippen MR) is 123 cm³/mol. The van der Waals surface area contributed by atoms with Crippen molar-refractivity contribution >= 4 is 5.91 Å². The van der Waals surface area contributed by atoms with Crippen LogP contribution in [0.2, 0.25) is 0 Å². The van der Waals surface area contributed by atoms with Gasteiger partial charge in [-0.1, -0.05) is 12.5 Å². The predicted octanol–water partition coefficient (Wildman–Crippen LogP) is 3.77. The van der Waals surface area contributed by atoms with Crippen molar-refractivity contribution in [2.24, 2.45) is 5.92 Å². The van der Waals surface area contributed by atoms with Gasteiger partial charge in [0.1, 0.15) is 0 Å². The summed E-state index contributed by atoms with van der Waals surface area (Å²) in [6.07, 6.45) is 8.55. The number of amides is 1. The Labute approximate surface area is 187 Å². The van der Waals surface area contributed by atoms with E-state index >= 15 is 0 Å². The van der Waals surface area contributed by atoms with Crippen molar-refractivity contribution in [3.8, 4) is 11.5 Å². The molecule has 2 unspecified atom stereocenters. The fourth-order valence-electron chi connectivity index (χ4n) is 5.24. The van der Waals surface area contributed by atoms with E-state index in [9.17, 15) is 4.79 Å². The lowest BCUT2D eigenvalue weighted by atomic mass is 9.83. The second-order valence-electron chi connectivity index (χ2n) is 8.88. The van der Waals surface area contributed by atoms with Crippen molar-refractivity contribution in [2.45, 2.75) is 57.4 Å². The molecule has 0 saturated carbocycles. The van der Waals surface area contributed by atoms with Crippen LogP contribution in [-0.4, -0.2) is 75.9 Å². The van der Waals surface area contributed by atoms with Crippen molar-refractivity contribution in [1.82, 2.24) is 9.80 Å². The molecule has 0 aromatic heterocycles. The van der Waals surface area contributed by atoms with Gasteiger partial charge in [-0.2, -0.15) is 0 Å². The maximum atomic E-state index is 13.2. The summed E-state index contributed by atoms with van der Waals surface area (Å²) in [4.78, 5) is 18.0. The maximum absolute atomic E-state index is 13.2. The first kappa shape index (κ1) is 23.9. The van der Waals surface area contributed by atoms with Crippen LogP contribution in [0.3, 0.4) is 0 Å². The Kier molecular flexibility index (Phi) is 9.47. The summed E-state index contributed by atoms with van der Waals surface area (Å²) < 4.78 is 16.0. The number of ether oxygens (including phenoxy) is 3. The zero-order valence-corrected chi connectivity index (χ0v) is 19.6. The summed E-state index contributed by atoms with van der Waals surface area (Å²) in [7, 11) is 5.00. The van der Waals surface area contributed by atoms with Crippen LogP contribution in [0.25, 0.3) is 0 Å². The molecule has 1 aromatic carbocycles. The maximum Gasteiger partial charge on any atom is 0.222 e.